The Bertz CT molecular complexity index is 540. The van der Waals surface area contributed by atoms with E-state index < -0.39 is 0 Å². The quantitative estimate of drug-likeness (QED) is 0.663. The second-order valence-corrected chi connectivity index (χ2v) is 6.01. The molecule has 0 heterocycles. The Morgan fingerprint density at radius 3 is 2.05 bits per heavy atom. The normalized spacial score (nSPS) is 10.8. The summed E-state index contributed by atoms with van der Waals surface area (Å²) in [4.78, 5) is 0. The van der Waals surface area contributed by atoms with Crippen LogP contribution in [0.1, 0.15) is 24.0 Å². The molecule has 2 aromatic carbocycles. The van der Waals surface area contributed by atoms with Gasteiger partial charge in [-0.3, -0.25) is 0 Å². The van der Waals surface area contributed by atoms with Crippen molar-refractivity contribution in [2.45, 2.75) is 25.7 Å². The van der Waals surface area contributed by atoms with Gasteiger partial charge < -0.3 is 5.32 Å². The highest BCUT2D eigenvalue weighted by Gasteiger charge is 1.99. The average Bonchev–Trinajstić information content (AvgIpc) is 2.51. The first-order chi connectivity index (χ1) is 10.3. The SMILES string of the molecule is Clc1ccc(CCCNCCCc2ccccc2)cc1Cl. The molecular formula is C18H21Cl2N. The Kier molecular flexibility index (Phi) is 7.08. The van der Waals surface area contributed by atoms with Crippen LogP contribution >= 0.6 is 23.2 Å². The summed E-state index contributed by atoms with van der Waals surface area (Å²) < 4.78 is 0. The van der Waals surface area contributed by atoms with E-state index in [2.05, 4.69) is 35.6 Å². The summed E-state index contributed by atoms with van der Waals surface area (Å²) in [5, 5.41) is 4.76. The van der Waals surface area contributed by atoms with Gasteiger partial charge in [0.05, 0.1) is 10.0 Å². The van der Waals surface area contributed by atoms with Crippen LogP contribution in [0.25, 0.3) is 0 Å². The van der Waals surface area contributed by atoms with Gasteiger partial charge in [0.25, 0.3) is 0 Å². The monoisotopic (exact) mass is 321 g/mol. The molecule has 112 valence electrons. The molecular weight excluding hydrogens is 301 g/mol. The molecule has 0 aliphatic carbocycles. The van der Waals surface area contributed by atoms with E-state index in [0.29, 0.717) is 10.0 Å². The van der Waals surface area contributed by atoms with Crippen molar-refractivity contribution in [1.82, 2.24) is 5.32 Å². The summed E-state index contributed by atoms with van der Waals surface area (Å²) in [6, 6.07) is 16.5. The van der Waals surface area contributed by atoms with E-state index in [1.54, 1.807) is 0 Å². The first-order valence-electron chi connectivity index (χ1n) is 7.44. The molecule has 0 aliphatic heterocycles. The maximum atomic E-state index is 6.01. The molecule has 0 aromatic heterocycles. The van der Waals surface area contributed by atoms with Gasteiger partial charge in [-0.15, -0.1) is 0 Å². The number of hydrogen-bond acceptors (Lipinski definition) is 1. The van der Waals surface area contributed by atoms with Crippen LogP contribution in [0.15, 0.2) is 48.5 Å². The van der Waals surface area contributed by atoms with Crippen molar-refractivity contribution < 1.29 is 0 Å². The zero-order valence-electron chi connectivity index (χ0n) is 12.1. The lowest BCUT2D eigenvalue weighted by Crippen LogP contribution is -2.17. The highest BCUT2D eigenvalue weighted by molar-refractivity contribution is 6.42. The molecule has 2 rings (SSSR count). The first-order valence-corrected chi connectivity index (χ1v) is 8.20. The van der Waals surface area contributed by atoms with Crippen LogP contribution < -0.4 is 5.32 Å². The number of rotatable bonds is 8. The van der Waals surface area contributed by atoms with Crippen LogP contribution in [0.4, 0.5) is 0 Å². The first kappa shape index (κ1) is 16.4. The van der Waals surface area contributed by atoms with Gasteiger partial charge in [-0.05, 0) is 62.0 Å². The van der Waals surface area contributed by atoms with E-state index in [9.17, 15) is 0 Å². The minimum absolute atomic E-state index is 0.624. The van der Waals surface area contributed by atoms with Crippen LogP contribution in [0, 0.1) is 0 Å². The van der Waals surface area contributed by atoms with E-state index in [1.165, 1.54) is 17.5 Å². The van der Waals surface area contributed by atoms with Crippen molar-refractivity contribution in [3.63, 3.8) is 0 Å². The van der Waals surface area contributed by atoms with Crippen LogP contribution in [-0.4, -0.2) is 13.1 Å². The summed E-state index contributed by atoms with van der Waals surface area (Å²) in [7, 11) is 0. The van der Waals surface area contributed by atoms with Crippen LogP contribution in [0.5, 0.6) is 0 Å². The fraction of sp³-hybridized carbons (Fsp3) is 0.333. The molecule has 0 atom stereocenters. The number of nitrogens with one attached hydrogen (secondary N) is 1. The standard InChI is InChI=1S/C18H21Cl2N/c19-17-11-10-16(14-18(17)20)9-5-13-21-12-4-8-15-6-2-1-3-7-15/h1-3,6-7,10-11,14,21H,4-5,8-9,12-13H2. The molecule has 0 amide bonds. The lowest BCUT2D eigenvalue weighted by molar-refractivity contribution is 0.622. The van der Waals surface area contributed by atoms with Crippen molar-refractivity contribution in [2.24, 2.45) is 0 Å². The highest BCUT2D eigenvalue weighted by Crippen LogP contribution is 2.23. The van der Waals surface area contributed by atoms with Crippen molar-refractivity contribution in [2.75, 3.05) is 13.1 Å². The molecule has 0 fully saturated rings. The lowest BCUT2D eigenvalue weighted by Gasteiger charge is -2.06. The van der Waals surface area contributed by atoms with Gasteiger partial charge in [0, 0.05) is 0 Å². The second kappa shape index (κ2) is 9.09. The van der Waals surface area contributed by atoms with Crippen molar-refractivity contribution in [3.05, 3.63) is 69.7 Å². The summed E-state index contributed by atoms with van der Waals surface area (Å²) in [5.41, 5.74) is 2.66. The van der Waals surface area contributed by atoms with Crippen molar-refractivity contribution in [1.29, 1.82) is 0 Å². The Hall–Kier alpha value is -1.02. The van der Waals surface area contributed by atoms with E-state index in [4.69, 9.17) is 23.2 Å². The second-order valence-electron chi connectivity index (χ2n) is 5.19. The third-order valence-electron chi connectivity index (χ3n) is 3.46. The molecule has 0 radical (unpaired) electrons. The number of benzene rings is 2. The van der Waals surface area contributed by atoms with Gasteiger partial charge in [0.1, 0.15) is 0 Å². The zero-order valence-corrected chi connectivity index (χ0v) is 13.6. The molecule has 3 heteroatoms. The molecule has 21 heavy (non-hydrogen) atoms. The van der Waals surface area contributed by atoms with Gasteiger partial charge in [-0.25, -0.2) is 0 Å². The van der Waals surface area contributed by atoms with E-state index >= 15 is 0 Å². The third kappa shape index (κ3) is 6.09. The van der Waals surface area contributed by atoms with Crippen LogP contribution in [-0.2, 0) is 12.8 Å². The summed E-state index contributed by atoms with van der Waals surface area (Å²) in [6.45, 7) is 2.10. The summed E-state index contributed by atoms with van der Waals surface area (Å²) in [5.74, 6) is 0. The summed E-state index contributed by atoms with van der Waals surface area (Å²) >= 11 is 11.9. The van der Waals surface area contributed by atoms with Crippen molar-refractivity contribution in [3.8, 4) is 0 Å². The molecule has 2 aromatic rings. The van der Waals surface area contributed by atoms with E-state index in [1.807, 2.05) is 18.2 Å². The number of aryl methyl sites for hydroxylation is 2. The van der Waals surface area contributed by atoms with Gasteiger partial charge in [-0.1, -0.05) is 59.6 Å². The Labute approximate surface area is 137 Å². The van der Waals surface area contributed by atoms with Gasteiger partial charge in [0.2, 0.25) is 0 Å². The molecule has 0 unspecified atom stereocenters. The Morgan fingerprint density at radius 2 is 1.38 bits per heavy atom. The number of halogens is 2. The largest absolute Gasteiger partial charge is 0.317 e. The molecule has 0 bridgehead atoms. The summed E-state index contributed by atoms with van der Waals surface area (Å²) in [6.07, 6.45) is 4.46. The fourth-order valence-electron chi connectivity index (χ4n) is 2.30. The van der Waals surface area contributed by atoms with Crippen LogP contribution in [0.2, 0.25) is 10.0 Å². The smallest absolute Gasteiger partial charge is 0.0595 e. The van der Waals surface area contributed by atoms with Crippen LogP contribution in [0.3, 0.4) is 0 Å². The minimum atomic E-state index is 0.624. The fourth-order valence-corrected chi connectivity index (χ4v) is 2.62. The average molecular weight is 322 g/mol. The molecule has 1 nitrogen and oxygen atoms in total. The Balaban J connectivity index is 1.55. The van der Waals surface area contributed by atoms with E-state index in [-0.39, 0.29) is 0 Å². The lowest BCUT2D eigenvalue weighted by atomic mass is 10.1. The minimum Gasteiger partial charge on any atom is -0.317 e. The predicted molar refractivity (Wildman–Crippen MR) is 92.4 cm³/mol. The maximum Gasteiger partial charge on any atom is 0.0595 e. The zero-order chi connectivity index (χ0) is 14.9. The molecule has 1 N–H and O–H groups in total. The third-order valence-corrected chi connectivity index (χ3v) is 4.20. The van der Waals surface area contributed by atoms with E-state index in [0.717, 1.165) is 32.4 Å². The van der Waals surface area contributed by atoms with Gasteiger partial charge in [-0.2, -0.15) is 0 Å². The predicted octanol–water partition coefficient (Wildman–Crippen LogP) is 5.15. The number of hydrogen-bond donors (Lipinski definition) is 1. The Morgan fingerprint density at radius 1 is 0.714 bits per heavy atom. The molecule has 0 saturated carbocycles. The van der Waals surface area contributed by atoms with Gasteiger partial charge >= 0.3 is 0 Å². The maximum absolute atomic E-state index is 6.01. The topological polar surface area (TPSA) is 12.0 Å². The molecule has 0 spiro atoms. The van der Waals surface area contributed by atoms with Gasteiger partial charge in [0.15, 0.2) is 0 Å². The van der Waals surface area contributed by atoms with Crippen molar-refractivity contribution >= 4 is 23.2 Å². The molecule has 0 aliphatic rings. The highest BCUT2D eigenvalue weighted by atomic mass is 35.5. The molecule has 0 saturated heterocycles.